The zero-order valence-corrected chi connectivity index (χ0v) is 17.7. The first kappa shape index (κ1) is 19.6. The molecular weight excluding hydrogens is 416 g/mol. The van der Waals surface area contributed by atoms with Crippen LogP contribution >= 0.6 is 11.3 Å². The average molecular weight is 436 g/mol. The number of aromatic nitrogens is 4. The molecule has 1 aliphatic rings. The van der Waals surface area contributed by atoms with Gasteiger partial charge in [0.25, 0.3) is 11.8 Å². The van der Waals surface area contributed by atoms with E-state index in [1.807, 2.05) is 34.5 Å². The van der Waals surface area contributed by atoms with Gasteiger partial charge in [-0.3, -0.25) is 9.69 Å². The van der Waals surface area contributed by atoms with E-state index in [1.165, 1.54) is 0 Å². The van der Waals surface area contributed by atoms with Crippen molar-refractivity contribution in [1.82, 2.24) is 30.1 Å². The van der Waals surface area contributed by atoms with Crippen molar-refractivity contribution in [2.45, 2.75) is 13.5 Å². The van der Waals surface area contributed by atoms with Gasteiger partial charge in [-0.1, -0.05) is 16.4 Å². The fraction of sp³-hybridized carbons (Fsp3) is 0.286. The van der Waals surface area contributed by atoms with Gasteiger partial charge in [0.05, 0.1) is 11.4 Å². The number of hydrogen-bond donors (Lipinski definition) is 0. The molecule has 1 saturated heterocycles. The smallest absolute Gasteiger partial charge is 0.257 e. The number of rotatable bonds is 5. The first-order chi connectivity index (χ1) is 15.2. The zero-order chi connectivity index (χ0) is 21.2. The molecule has 1 aromatic carbocycles. The van der Waals surface area contributed by atoms with Gasteiger partial charge in [-0.25, -0.2) is 0 Å². The predicted molar refractivity (Wildman–Crippen MR) is 113 cm³/mol. The molecule has 1 amide bonds. The van der Waals surface area contributed by atoms with Crippen LogP contribution in [0, 0.1) is 6.92 Å². The molecule has 0 unspecified atom stereocenters. The summed E-state index contributed by atoms with van der Waals surface area (Å²) in [6, 6.07) is 11.2. The molecule has 3 aromatic heterocycles. The van der Waals surface area contributed by atoms with Crippen LogP contribution < -0.4 is 0 Å². The Balaban J connectivity index is 1.16. The fourth-order valence-corrected chi connectivity index (χ4v) is 4.13. The lowest BCUT2D eigenvalue weighted by Crippen LogP contribution is -2.48. The summed E-state index contributed by atoms with van der Waals surface area (Å²) < 4.78 is 10.6. The number of thiophene rings is 1. The maximum Gasteiger partial charge on any atom is 0.257 e. The molecule has 0 atom stereocenters. The van der Waals surface area contributed by atoms with E-state index in [0.717, 1.165) is 23.5 Å². The van der Waals surface area contributed by atoms with Crippen LogP contribution in [0.2, 0.25) is 0 Å². The number of benzene rings is 1. The molecule has 0 aliphatic carbocycles. The molecule has 0 bridgehead atoms. The van der Waals surface area contributed by atoms with Gasteiger partial charge in [-0.2, -0.15) is 9.97 Å². The second kappa shape index (κ2) is 8.40. The summed E-state index contributed by atoms with van der Waals surface area (Å²) in [5, 5.41) is 9.84. The van der Waals surface area contributed by atoms with Gasteiger partial charge in [0, 0.05) is 37.3 Å². The van der Waals surface area contributed by atoms with Crippen molar-refractivity contribution in [3.63, 3.8) is 0 Å². The Hall–Kier alpha value is -3.37. The molecule has 1 fully saturated rings. The highest BCUT2D eigenvalue weighted by Crippen LogP contribution is 2.22. The maximum atomic E-state index is 12.9. The highest BCUT2D eigenvalue weighted by Gasteiger charge is 2.24. The normalized spacial score (nSPS) is 14.8. The van der Waals surface area contributed by atoms with Gasteiger partial charge >= 0.3 is 0 Å². The summed E-state index contributed by atoms with van der Waals surface area (Å²) in [7, 11) is 0. The lowest BCUT2D eigenvalue weighted by Gasteiger charge is -2.34. The van der Waals surface area contributed by atoms with Crippen LogP contribution in [-0.2, 0) is 6.54 Å². The lowest BCUT2D eigenvalue weighted by molar-refractivity contribution is 0.0615. The van der Waals surface area contributed by atoms with Crippen molar-refractivity contribution in [3.8, 4) is 22.2 Å². The van der Waals surface area contributed by atoms with Gasteiger partial charge in [-0.15, -0.1) is 11.3 Å². The van der Waals surface area contributed by atoms with Gasteiger partial charge in [0.1, 0.15) is 0 Å². The van der Waals surface area contributed by atoms with Gasteiger partial charge in [0.2, 0.25) is 11.7 Å². The summed E-state index contributed by atoms with van der Waals surface area (Å²) in [5.41, 5.74) is 1.44. The SMILES string of the molecule is Cc1noc(-c2ccc(C(=O)N3CCN(Cc4nc(-c5cccs5)no4)CC3)cc2)n1. The molecule has 0 N–H and O–H groups in total. The molecule has 4 aromatic rings. The Labute approximate surface area is 182 Å². The van der Waals surface area contributed by atoms with Crippen LogP contribution in [0.3, 0.4) is 0 Å². The van der Waals surface area contributed by atoms with Crippen molar-refractivity contribution in [2.75, 3.05) is 26.2 Å². The van der Waals surface area contributed by atoms with Gasteiger partial charge < -0.3 is 13.9 Å². The van der Waals surface area contributed by atoms with E-state index in [-0.39, 0.29) is 5.91 Å². The second-order valence-corrected chi connectivity index (χ2v) is 8.23. The molecule has 9 nitrogen and oxygen atoms in total. The van der Waals surface area contributed by atoms with Crippen molar-refractivity contribution in [3.05, 3.63) is 59.1 Å². The van der Waals surface area contributed by atoms with Crippen molar-refractivity contribution < 1.29 is 13.8 Å². The number of hydrogen-bond acceptors (Lipinski definition) is 9. The van der Waals surface area contributed by atoms with Gasteiger partial charge in [-0.05, 0) is 42.6 Å². The number of aryl methyl sites for hydroxylation is 1. The summed E-state index contributed by atoms with van der Waals surface area (Å²) >= 11 is 1.58. The van der Waals surface area contributed by atoms with E-state index in [2.05, 4.69) is 25.2 Å². The van der Waals surface area contributed by atoms with Crippen molar-refractivity contribution in [2.24, 2.45) is 0 Å². The summed E-state index contributed by atoms with van der Waals surface area (Å²) in [6.07, 6.45) is 0. The second-order valence-electron chi connectivity index (χ2n) is 7.28. The van der Waals surface area contributed by atoms with Crippen molar-refractivity contribution >= 4 is 17.2 Å². The van der Waals surface area contributed by atoms with Crippen LogP contribution in [0.4, 0.5) is 0 Å². The molecule has 31 heavy (non-hydrogen) atoms. The maximum absolute atomic E-state index is 12.9. The largest absolute Gasteiger partial charge is 0.338 e. The number of piperazine rings is 1. The van der Waals surface area contributed by atoms with Crippen LogP contribution in [0.15, 0.2) is 50.8 Å². The molecular formula is C21H20N6O3S. The number of amides is 1. The number of carbonyl (C=O) groups excluding carboxylic acids is 1. The minimum atomic E-state index is 0.0191. The first-order valence-electron chi connectivity index (χ1n) is 9.94. The predicted octanol–water partition coefficient (Wildman–Crippen LogP) is 3.11. The zero-order valence-electron chi connectivity index (χ0n) is 16.9. The summed E-state index contributed by atoms with van der Waals surface area (Å²) in [5.74, 6) is 2.27. The van der Waals surface area contributed by atoms with E-state index >= 15 is 0 Å². The minimum Gasteiger partial charge on any atom is -0.338 e. The Kier molecular flexibility index (Phi) is 5.31. The summed E-state index contributed by atoms with van der Waals surface area (Å²) in [6.45, 7) is 5.15. The standard InChI is InChI=1S/C21H20N6O3S/c1-14-22-20(30-24-14)15-4-6-16(7-5-15)21(28)27-10-8-26(9-11-27)13-18-23-19(25-29-18)17-3-2-12-31-17/h2-7,12H,8-11,13H2,1H3. The molecule has 1 aliphatic heterocycles. The van der Waals surface area contributed by atoms with E-state index in [9.17, 15) is 4.79 Å². The molecule has 0 spiro atoms. The Bertz CT molecular complexity index is 1160. The molecule has 158 valence electrons. The molecule has 0 saturated carbocycles. The lowest BCUT2D eigenvalue weighted by atomic mass is 10.1. The quantitative estimate of drug-likeness (QED) is 0.470. The van der Waals surface area contributed by atoms with Crippen LogP contribution in [-0.4, -0.2) is 62.2 Å². The monoisotopic (exact) mass is 436 g/mol. The fourth-order valence-electron chi connectivity index (χ4n) is 3.48. The highest BCUT2D eigenvalue weighted by atomic mass is 32.1. The topological polar surface area (TPSA) is 101 Å². The average Bonchev–Trinajstić information content (AvgIpc) is 3.56. The molecule has 5 rings (SSSR count). The van der Waals surface area contributed by atoms with E-state index < -0.39 is 0 Å². The first-order valence-corrected chi connectivity index (χ1v) is 10.8. The highest BCUT2D eigenvalue weighted by molar-refractivity contribution is 7.13. The molecule has 10 heteroatoms. The van der Waals surface area contributed by atoms with E-state index in [1.54, 1.807) is 30.4 Å². The minimum absolute atomic E-state index is 0.0191. The molecule has 4 heterocycles. The number of carbonyl (C=O) groups is 1. The number of nitrogens with zero attached hydrogens (tertiary/aromatic N) is 6. The Morgan fingerprint density at radius 2 is 1.84 bits per heavy atom. The van der Waals surface area contributed by atoms with Crippen LogP contribution in [0.25, 0.3) is 22.2 Å². The summed E-state index contributed by atoms with van der Waals surface area (Å²) in [4.78, 5) is 26.6. The van der Waals surface area contributed by atoms with Crippen molar-refractivity contribution in [1.29, 1.82) is 0 Å². The third-order valence-corrected chi connectivity index (χ3v) is 6.00. The van der Waals surface area contributed by atoms with E-state index in [4.69, 9.17) is 9.05 Å². The van der Waals surface area contributed by atoms with Crippen LogP contribution in [0.5, 0.6) is 0 Å². The van der Waals surface area contributed by atoms with Gasteiger partial charge in [0.15, 0.2) is 5.82 Å². The Morgan fingerprint density at radius 1 is 1.03 bits per heavy atom. The Morgan fingerprint density at radius 3 is 2.52 bits per heavy atom. The van der Waals surface area contributed by atoms with E-state index in [0.29, 0.717) is 48.6 Å². The third kappa shape index (κ3) is 4.25. The molecule has 0 radical (unpaired) electrons. The van der Waals surface area contributed by atoms with Crippen LogP contribution in [0.1, 0.15) is 22.1 Å². The third-order valence-electron chi connectivity index (χ3n) is 5.13.